The van der Waals surface area contributed by atoms with E-state index in [1.165, 1.54) is 0 Å². The summed E-state index contributed by atoms with van der Waals surface area (Å²) in [5, 5.41) is 12.7. The van der Waals surface area contributed by atoms with E-state index >= 15 is 0 Å². The standard InChI is InChI=1S/C37H40N4O6S/c42-25-27-14-16-28(17-15-27)34-23-32(24-40-20-18-37(19-21-40)36(43)38-26-41(37)31-10-3-1-4-11-31)46-35(47-34)29-8-7-9-30(22-29)39-48(44,45)33-12-5-2-6-13-33/h1-17,22,32,34-35,39,42H,18-21,23-26H2,(H,38,43)/t32-,34+,35?/m0/s1. The third kappa shape index (κ3) is 6.69. The second kappa shape index (κ2) is 13.7. The molecule has 0 aliphatic carbocycles. The molecule has 4 aromatic rings. The molecule has 0 bridgehead atoms. The smallest absolute Gasteiger partial charge is 0.261 e. The summed E-state index contributed by atoms with van der Waals surface area (Å²) in [6.07, 6.45) is 0.821. The van der Waals surface area contributed by atoms with Gasteiger partial charge in [-0.1, -0.05) is 72.8 Å². The molecule has 3 saturated heterocycles. The normalized spacial score (nSPS) is 22.8. The monoisotopic (exact) mass is 668 g/mol. The Hall–Kier alpha value is -4.26. The number of sulfonamides is 1. The second-order valence-electron chi connectivity index (χ2n) is 12.7. The van der Waals surface area contributed by atoms with Crippen molar-refractivity contribution in [2.45, 2.75) is 54.8 Å². The van der Waals surface area contributed by atoms with Crippen LogP contribution in [-0.4, -0.2) is 62.3 Å². The summed E-state index contributed by atoms with van der Waals surface area (Å²) < 4.78 is 41.9. The Morgan fingerprint density at radius 3 is 2.27 bits per heavy atom. The Balaban J connectivity index is 1.09. The second-order valence-corrected chi connectivity index (χ2v) is 14.3. The largest absolute Gasteiger partial charge is 0.392 e. The lowest BCUT2D eigenvalue weighted by molar-refractivity contribution is -0.253. The van der Waals surface area contributed by atoms with Crippen LogP contribution in [0.1, 0.15) is 48.3 Å². The van der Waals surface area contributed by atoms with Crippen LogP contribution < -0.4 is 14.9 Å². The molecule has 1 unspecified atom stereocenters. The Bertz CT molecular complexity index is 1820. The van der Waals surface area contributed by atoms with Gasteiger partial charge in [0.1, 0.15) is 5.54 Å². The number of hydrogen-bond acceptors (Lipinski definition) is 8. The Labute approximate surface area is 281 Å². The first-order valence-electron chi connectivity index (χ1n) is 16.3. The minimum Gasteiger partial charge on any atom is -0.392 e. The number of carbonyl (C=O) groups is 1. The molecule has 3 aliphatic rings. The maximum absolute atomic E-state index is 13.2. The van der Waals surface area contributed by atoms with Crippen LogP contribution in [0.3, 0.4) is 0 Å². The van der Waals surface area contributed by atoms with Crippen molar-refractivity contribution in [1.82, 2.24) is 10.2 Å². The number of ether oxygens (including phenoxy) is 2. The van der Waals surface area contributed by atoms with Gasteiger partial charge in [-0.3, -0.25) is 9.52 Å². The Kier molecular flexibility index (Phi) is 9.21. The summed E-state index contributed by atoms with van der Waals surface area (Å²) in [5.41, 5.74) is 3.38. The molecule has 1 spiro atoms. The van der Waals surface area contributed by atoms with Gasteiger partial charge in [0.2, 0.25) is 5.91 Å². The molecule has 7 rings (SSSR count). The third-order valence-corrected chi connectivity index (χ3v) is 11.0. The highest BCUT2D eigenvalue weighted by atomic mass is 32.2. The number of anilines is 2. The summed E-state index contributed by atoms with van der Waals surface area (Å²) in [6, 6.07) is 33.2. The fraction of sp³-hybridized carbons (Fsp3) is 0.324. The van der Waals surface area contributed by atoms with Gasteiger partial charge >= 0.3 is 0 Å². The number of nitrogens with one attached hydrogen (secondary N) is 2. The zero-order chi connectivity index (χ0) is 33.1. The van der Waals surface area contributed by atoms with Crippen molar-refractivity contribution < 1.29 is 27.8 Å². The van der Waals surface area contributed by atoms with Gasteiger partial charge in [0, 0.05) is 43.0 Å². The van der Waals surface area contributed by atoms with E-state index in [0.717, 1.165) is 29.9 Å². The molecule has 4 aromatic carbocycles. The van der Waals surface area contributed by atoms with E-state index in [1.54, 1.807) is 48.5 Å². The number of piperidine rings is 1. The number of para-hydroxylation sites is 1. The molecule has 3 atom stereocenters. The van der Waals surface area contributed by atoms with Crippen molar-refractivity contribution in [1.29, 1.82) is 0 Å². The van der Waals surface area contributed by atoms with Crippen LogP contribution >= 0.6 is 0 Å². The van der Waals surface area contributed by atoms with Crippen molar-refractivity contribution >= 4 is 27.3 Å². The maximum Gasteiger partial charge on any atom is 0.261 e. The molecule has 11 heteroatoms. The average Bonchev–Trinajstić information content (AvgIpc) is 3.44. The number of rotatable bonds is 9. The number of carbonyl (C=O) groups excluding carboxylic acids is 1. The van der Waals surface area contributed by atoms with Gasteiger partial charge in [-0.2, -0.15) is 0 Å². The first kappa shape index (κ1) is 32.3. The number of aliphatic hydroxyl groups is 1. The van der Waals surface area contributed by atoms with Gasteiger partial charge in [-0.05, 0) is 60.4 Å². The molecule has 0 aromatic heterocycles. The van der Waals surface area contributed by atoms with E-state index < -0.39 is 21.9 Å². The van der Waals surface area contributed by atoms with E-state index in [4.69, 9.17) is 9.47 Å². The molecule has 0 radical (unpaired) electrons. The zero-order valence-electron chi connectivity index (χ0n) is 26.6. The number of likely N-dealkylation sites (tertiary alicyclic amines) is 1. The van der Waals surface area contributed by atoms with Gasteiger partial charge in [-0.15, -0.1) is 0 Å². The SMILES string of the molecule is O=C1NCN(c2ccccc2)C12CCN(C[C@@H]1C[C@H](c3ccc(CO)cc3)OC(c3cccc(NS(=O)(=O)c4ccccc4)c3)O1)CC2. The van der Waals surface area contributed by atoms with Crippen LogP contribution in [0.5, 0.6) is 0 Å². The molecule has 10 nitrogen and oxygen atoms in total. The molecule has 48 heavy (non-hydrogen) atoms. The fourth-order valence-electron chi connectivity index (χ4n) is 7.02. The van der Waals surface area contributed by atoms with E-state index in [-0.39, 0.29) is 29.6 Å². The number of hydrogen-bond donors (Lipinski definition) is 3. The van der Waals surface area contributed by atoms with Crippen LogP contribution in [0, 0.1) is 0 Å². The van der Waals surface area contributed by atoms with Crippen molar-refractivity contribution in [3.8, 4) is 0 Å². The quantitative estimate of drug-likeness (QED) is 0.229. The van der Waals surface area contributed by atoms with Crippen molar-refractivity contribution in [3.05, 3.63) is 126 Å². The highest BCUT2D eigenvalue weighted by Gasteiger charge is 2.50. The number of amides is 1. The van der Waals surface area contributed by atoms with E-state index in [9.17, 15) is 18.3 Å². The molecule has 3 fully saturated rings. The van der Waals surface area contributed by atoms with Crippen LogP contribution in [0.2, 0.25) is 0 Å². The average molecular weight is 669 g/mol. The van der Waals surface area contributed by atoms with E-state index in [2.05, 4.69) is 32.0 Å². The Morgan fingerprint density at radius 1 is 0.854 bits per heavy atom. The highest BCUT2D eigenvalue weighted by Crippen LogP contribution is 2.40. The van der Waals surface area contributed by atoms with E-state index in [0.29, 0.717) is 43.7 Å². The fourth-order valence-corrected chi connectivity index (χ4v) is 8.09. The first-order chi connectivity index (χ1) is 23.3. The van der Waals surface area contributed by atoms with Gasteiger partial charge in [0.15, 0.2) is 6.29 Å². The minimum absolute atomic E-state index is 0.0397. The summed E-state index contributed by atoms with van der Waals surface area (Å²) in [4.78, 5) is 18.0. The molecule has 1 amide bonds. The summed E-state index contributed by atoms with van der Waals surface area (Å²) in [7, 11) is -3.78. The minimum atomic E-state index is -3.78. The van der Waals surface area contributed by atoms with Gasteiger partial charge in [0.05, 0.1) is 30.4 Å². The molecular weight excluding hydrogens is 628 g/mol. The lowest BCUT2D eigenvalue weighted by Gasteiger charge is -2.45. The van der Waals surface area contributed by atoms with Crippen LogP contribution in [-0.2, 0) is 30.9 Å². The lowest BCUT2D eigenvalue weighted by Crippen LogP contribution is -2.57. The molecular formula is C37H40N4O6S. The van der Waals surface area contributed by atoms with Gasteiger partial charge < -0.3 is 29.7 Å². The van der Waals surface area contributed by atoms with Crippen LogP contribution in [0.15, 0.2) is 114 Å². The van der Waals surface area contributed by atoms with Crippen molar-refractivity contribution in [2.75, 3.05) is 35.9 Å². The summed E-state index contributed by atoms with van der Waals surface area (Å²) >= 11 is 0. The predicted molar refractivity (Wildman–Crippen MR) is 182 cm³/mol. The van der Waals surface area contributed by atoms with Crippen molar-refractivity contribution in [2.24, 2.45) is 0 Å². The maximum atomic E-state index is 13.2. The van der Waals surface area contributed by atoms with Gasteiger partial charge in [0.25, 0.3) is 10.0 Å². The molecule has 3 heterocycles. The Morgan fingerprint density at radius 2 is 1.56 bits per heavy atom. The zero-order valence-corrected chi connectivity index (χ0v) is 27.4. The summed E-state index contributed by atoms with van der Waals surface area (Å²) in [5.74, 6) is 0.0857. The predicted octanol–water partition coefficient (Wildman–Crippen LogP) is 4.95. The highest BCUT2D eigenvalue weighted by molar-refractivity contribution is 7.92. The summed E-state index contributed by atoms with van der Waals surface area (Å²) in [6.45, 7) is 2.62. The molecule has 3 aliphatic heterocycles. The third-order valence-electron chi connectivity index (χ3n) is 9.63. The number of benzene rings is 4. The van der Waals surface area contributed by atoms with Crippen molar-refractivity contribution in [3.63, 3.8) is 0 Å². The van der Waals surface area contributed by atoms with Gasteiger partial charge in [-0.25, -0.2) is 8.42 Å². The molecule has 250 valence electrons. The first-order valence-corrected chi connectivity index (χ1v) is 17.8. The lowest BCUT2D eigenvalue weighted by atomic mass is 9.85. The molecule has 0 saturated carbocycles. The van der Waals surface area contributed by atoms with Crippen LogP contribution in [0.25, 0.3) is 0 Å². The number of aliphatic hydroxyl groups excluding tert-OH is 1. The topological polar surface area (TPSA) is 120 Å². The number of nitrogens with zero attached hydrogens (tertiary/aromatic N) is 2. The molecule has 3 N–H and O–H groups in total. The van der Waals surface area contributed by atoms with E-state index in [1.807, 2.05) is 48.5 Å². The van der Waals surface area contributed by atoms with Crippen LogP contribution in [0.4, 0.5) is 11.4 Å².